The number of benzene rings is 3. The average Bonchev–Trinajstić information content (AvgIpc) is 2.77. The SMILES string of the molecule is Cc1ccc(S(=O)(=O)N[C@@H](CC(=O)N/N=C\c2cccc(Cl)c2Cl)c2ccccc2)cc1. The molecule has 1 amide bonds. The van der Waals surface area contributed by atoms with Crippen molar-refractivity contribution in [3.8, 4) is 0 Å². The monoisotopic (exact) mass is 489 g/mol. The van der Waals surface area contributed by atoms with Crippen molar-refractivity contribution in [3.63, 3.8) is 0 Å². The fourth-order valence-corrected chi connectivity index (χ4v) is 4.49. The minimum atomic E-state index is -3.84. The van der Waals surface area contributed by atoms with Crippen molar-refractivity contribution in [2.24, 2.45) is 5.10 Å². The van der Waals surface area contributed by atoms with E-state index >= 15 is 0 Å². The van der Waals surface area contributed by atoms with Crippen molar-refractivity contribution in [1.29, 1.82) is 0 Å². The topological polar surface area (TPSA) is 87.6 Å². The Bertz CT molecular complexity index is 1210. The number of nitrogens with one attached hydrogen (secondary N) is 2. The van der Waals surface area contributed by atoms with Crippen molar-refractivity contribution in [1.82, 2.24) is 10.1 Å². The van der Waals surface area contributed by atoms with Crippen LogP contribution >= 0.6 is 23.2 Å². The van der Waals surface area contributed by atoms with Crippen LogP contribution in [0.15, 0.2) is 82.8 Å². The number of hydrazone groups is 1. The number of sulfonamides is 1. The molecule has 6 nitrogen and oxygen atoms in total. The molecule has 32 heavy (non-hydrogen) atoms. The summed E-state index contributed by atoms with van der Waals surface area (Å²) in [5.41, 5.74) is 4.54. The third-order valence-corrected chi connectivity index (χ3v) is 6.92. The van der Waals surface area contributed by atoms with Gasteiger partial charge in [0.1, 0.15) is 0 Å². The van der Waals surface area contributed by atoms with Crippen molar-refractivity contribution in [2.45, 2.75) is 24.3 Å². The summed E-state index contributed by atoms with van der Waals surface area (Å²) in [5, 5.41) is 4.60. The summed E-state index contributed by atoms with van der Waals surface area (Å²) < 4.78 is 28.4. The lowest BCUT2D eigenvalue weighted by molar-refractivity contribution is -0.121. The molecule has 3 aromatic rings. The highest BCUT2D eigenvalue weighted by molar-refractivity contribution is 7.89. The van der Waals surface area contributed by atoms with Crippen LogP contribution in [0, 0.1) is 6.92 Å². The number of amides is 1. The number of nitrogens with zero attached hydrogens (tertiary/aromatic N) is 1. The fourth-order valence-electron chi connectivity index (χ4n) is 2.91. The highest BCUT2D eigenvalue weighted by Crippen LogP contribution is 2.24. The summed E-state index contributed by atoms with van der Waals surface area (Å²) in [5.74, 6) is -0.472. The van der Waals surface area contributed by atoms with Gasteiger partial charge in [0.2, 0.25) is 15.9 Å². The van der Waals surface area contributed by atoms with Crippen LogP contribution in [0.1, 0.15) is 29.2 Å². The van der Waals surface area contributed by atoms with Crippen LogP contribution in [-0.2, 0) is 14.8 Å². The second-order valence-electron chi connectivity index (χ2n) is 7.04. The molecule has 0 aromatic heterocycles. The number of carbonyl (C=O) groups is 1. The molecule has 0 heterocycles. The normalized spacial score (nSPS) is 12.6. The van der Waals surface area contributed by atoms with Gasteiger partial charge in [-0.05, 0) is 30.7 Å². The van der Waals surface area contributed by atoms with Gasteiger partial charge in [0.05, 0.1) is 27.2 Å². The fraction of sp³-hybridized carbons (Fsp3) is 0.130. The molecule has 3 rings (SSSR count). The highest BCUT2D eigenvalue weighted by atomic mass is 35.5. The van der Waals surface area contributed by atoms with Crippen LogP contribution in [0.25, 0.3) is 0 Å². The molecule has 0 spiro atoms. The lowest BCUT2D eigenvalue weighted by Crippen LogP contribution is -2.32. The molecule has 2 N–H and O–H groups in total. The lowest BCUT2D eigenvalue weighted by atomic mass is 10.0. The smallest absolute Gasteiger partial charge is 0.242 e. The summed E-state index contributed by atoms with van der Waals surface area (Å²) in [6.45, 7) is 1.87. The quantitative estimate of drug-likeness (QED) is 0.349. The standard InChI is InChI=1S/C23H21Cl2N3O3S/c1-16-10-12-19(13-11-16)32(30,31)28-21(17-6-3-2-4-7-17)14-22(29)27-26-15-18-8-5-9-20(24)23(18)25/h2-13,15,21,28H,14H2,1H3,(H,27,29)/b26-15-/t21-/m0/s1. The summed E-state index contributed by atoms with van der Waals surface area (Å²) in [7, 11) is -3.84. The minimum absolute atomic E-state index is 0.123. The number of halogens is 2. The molecular formula is C23H21Cl2N3O3S. The van der Waals surface area contributed by atoms with Gasteiger partial charge in [-0.1, -0.05) is 83.4 Å². The molecular weight excluding hydrogens is 469 g/mol. The van der Waals surface area contributed by atoms with Crippen molar-refractivity contribution >= 4 is 45.3 Å². The Kier molecular flexibility index (Phi) is 8.04. The van der Waals surface area contributed by atoms with Crippen molar-refractivity contribution in [3.05, 3.63) is 99.5 Å². The first-order chi connectivity index (χ1) is 15.3. The van der Waals surface area contributed by atoms with Crippen LogP contribution < -0.4 is 10.1 Å². The van der Waals surface area contributed by atoms with Crippen LogP contribution in [0.3, 0.4) is 0 Å². The van der Waals surface area contributed by atoms with Crippen molar-refractivity contribution < 1.29 is 13.2 Å². The predicted molar refractivity (Wildman–Crippen MR) is 127 cm³/mol. The molecule has 0 radical (unpaired) electrons. The highest BCUT2D eigenvalue weighted by Gasteiger charge is 2.23. The van der Waals surface area contributed by atoms with Gasteiger partial charge in [0, 0.05) is 12.0 Å². The van der Waals surface area contributed by atoms with Crippen LogP contribution in [0.4, 0.5) is 0 Å². The van der Waals surface area contributed by atoms with Crippen LogP contribution in [-0.4, -0.2) is 20.5 Å². The van der Waals surface area contributed by atoms with Gasteiger partial charge in [-0.15, -0.1) is 0 Å². The molecule has 0 saturated heterocycles. The van der Waals surface area contributed by atoms with Crippen LogP contribution in [0.5, 0.6) is 0 Å². The number of aryl methyl sites for hydroxylation is 1. The molecule has 9 heteroatoms. The minimum Gasteiger partial charge on any atom is -0.273 e. The molecule has 0 unspecified atom stereocenters. The zero-order valence-electron chi connectivity index (χ0n) is 17.1. The first-order valence-corrected chi connectivity index (χ1v) is 11.9. The van der Waals surface area contributed by atoms with E-state index in [2.05, 4.69) is 15.2 Å². The lowest BCUT2D eigenvalue weighted by Gasteiger charge is -2.18. The molecule has 1 atom stereocenters. The second kappa shape index (κ2) is 10.7. The predicted octanol–water partition coefficient (Wildman–Crippen LogP) is 4.86. The molecule has 0 bridgehead atoms. The van der Waals surface area contributed by atoms with E-state index in [4.69, 9.17) is 23.2 Å². The van der Waals surface area contributed by atoms with Gasteiger partial charge < -0.3 is 0 Å². The average molecular weight is 490 g/mol. The summed E-state index contributed by atoms with van der Waals surface area (Å²) >= 11 is 12.1. The first kappa shape index (κ1) is 23.9. The number of carbonyl (C=O) groups excluding carboxylic acids is 1. The van der Waals surface area contributed by atoms with E-state index in [1.165, 1.54) is 18.3 Å². The summed E-state index contributed by atoms with van der Waals surface area (Å²) in [4.78, 5) is 12.6. The Labute approximate surface area is 197 Å². The van der Waals surface area contributed by atoms with E-state index in [0.29, 0.717) is 21.2 Å². The Morgan fingerprint density at radius 2 is 1.69 bits per heavy atom. The Hall–Kier alpha value is -2.71. The van der Waals surface area contributed by atoms with Gasteiger partial charge >= 0.3 is 0 Å². The summed E-state index contributed by atoms with van der Waals surface area (Å²) in [6, 6.07) is 19.6. The molecule has 0 aliphatic heterocycles. The van der Waals surface area contributed by atoms with Gasteiger partial charge in [-0.25, -0.2) is 18.6 Å². The third kappa shape index (κ3) is 6.40. The van der Waals surface area contributed by atoms with Gasteiger partial charge in [0.25, 0.3) is 0 Å². The van der Waals surface area contributed by atoms with Gasteiger partial charge in [-0.3, -0.25) is 4.79 Å². The zero-order chi connectivity index (χ0) is 23.1. The molecule has 0 aliphatic rings. The van der Waals surface area contributed by atoms with E-state index < -0.39 is 22.0 Å². The van der Waals surface area contributed by atoms with Gasteiger partial charge in [-0.2, -0.15) is 5.10 Å². The molecule has 0 fully saturated rings. The van der Waals surface area contributed by atoms with Gasteiger partial charge in [0.15, 0.2) is 0 Å². The van der Waals surface area contributed by atoms with E-state index in [9.17, 15) is 13.2 Å². The molecule has 3 aromatic carbocycles. The maximum absolute atomic E-state index is 12.9. The largest absolute Gasteiger partial charge is 0.273 e. The molecule has 0 saturated carbocycles. The van der Waals surface area contributed by atoms with Crippen molar-refractivity contribution in [2.75, 3.05) is 0 Å². The maximum atomic E-state index is 12.9. The molecule has 0 aliphatic carbocycles. The van der Waals surface area contributed by atoms with E-state index in [1.807, 2.05) is 13.0 Å². The number of rotatable bonds is 8. The number of hydrogen-bond donors (Lipinski definition) is 2. The summed E-state index contributed by atoms with van der Waals surface area (Å²) in [6.07, 6.45) is 1.22. The Morgan fingerprint density at radius 3 is 2.38 bits per heavy atom. The third-order valence-electron chi connectivity index (χ3n) is 4.59. The van der Waals surface area contributed by atoms with E-state index in [0.717, 1.165) is 5.56 Å². The second-order valence-corrected chi connectivity index (χ2v) is 9.54. The van der Waals surface area contributed by atoms with E-state index in [-0.39, 0.29) is 11.3 Å². The Balaban J connectivity index is 1.75. The zero-order valence-corrected chi connectivity index (χ0v) is 19.5. The van der Waals surface area contributed by atoms with Crippen LogP contribution in [0.2, 0.25) is 10.0 Å². The first-order valence-electron chi connectivity index (χ1n) is 9.66. The number of hydrogen-bond acceptors (Lipinski definition) is 4. The maximum Gasteiger partial charge on any atom is 0.242 e. The Morgan fingerprint density at radius 1 is 1.00 bits per heavy atom. The van der Waals surface area contributed by atoms with E-state index in [1.54, 1.807) is 54.6 Å². The molecule has 166 valence electrons.